The van der Waals surface area contributed by atoms with Crippen molar-refractivity contribution in [3.05, 3.63) is 47.5 Å². The average Bonchev–Trinajstić information content (AvgIpc) is 2.66. The zero-order valence-corrected chi connectivity index (χ0v) is 14.8. The van der Waals surface area contributed by atoms with Crippen LogP contribution in [0.4, 0.5) is 0 Å². The van der Waals surface area contributed by atoms with Crippen LogP contribution in [0.25, 0.3) is 0 Å². The van der Waals surface area contributed by atoms with E-state index in [9.17, 15) is 4.79 Å². The summed E-state index contributed by atoms with van der Waals surface area (Å²) in [4.78, 5) is 17.0. The van der Waals surface area contributed by atoms with E-state index in [0.29, 0.717) is 12.3 Å². The van der Waals surface area contributed by atoms with Gasteiger partial charge in [0.1, 0.15) is 0 Å². The number of carbonyl (C=O) groups is 1. The molecule has 0 saturated carbocycles. The van der Waals surface area contributed by atoms with Crippen LogP contribution in [0, 0.1) is 0 Å². The highest BCUT2D eigenvalue weighted by atomic mass is 16.2. The van der Waals surface area contributed by atoms with Crippen molar-refractivity contribution in [2.24, 2.45) is 0 Å². The smallest absolute Gasteiger partial charge is 0.222 e. The summed E-state index contributed by atoms with van der Waals surface area (Å²) < 4.78 is 0. The molecule has 1 aliphatic carbocycles. The molecule has 3 heteroatoms. The van der Waals surface area contributed by atoms with E-state index >= 15 is 0 Å². The van der Waals surface area contributed by atoms with E-state index in [4.69, 9.17) is 0 Å². The molecular weight excluding hydrogens is 296 g/mol. The van der Waals surface area contributed by atoms with E-state index in [-0.39, 0.29) is 0 Å². The van der Waals surface area contributed by atoms with Crippen molar-refractivity contribution in [3.8, 4) is 0 Å². The molecule has 2 aliphatic rings. The lowest BCUT2D eigenvalue weighted by Gasteiger charge is -2.35. The zero-order valence-electron chi connectivity index (χ0n) is 14.8. The molecule has 1 aromatic rings. The minimum atomic E-state index is 0.313. The molecule has 0 radical (unpaired) electrons. The van der Waals surface area contributed by atoms with Crippen molar-refractivity contribution in [1.82, 2.24) is 9.80 Å². The second-order valence-corrected chi connectivity index (χ2v) is 7.07. The van der Waals surface area contributed by atoms with Gasteiger partial charge in [-0.15, -0.1) is 0 Å². The summed E-state index contributed by atoms with van der Waals surface area (Å²) in [6.45, 7) is 5.02. The fourth-order valence-corrected chi connectivity index (χ4v) is 3.71. The largest absolute Gasteiger partial charge is 0.340 e. The van der Waals surface area contributed by atoms with E-state index in [1.54, 1.807) is 5.57 Å². The molecule has 1 amide bonds. The maximum absolute atomic E-state index is 12.4. The highest BCUT2D eigenvalue weighted by Crippen LogP contribution is 2.20. The minimum Gasteiger partial charge on any atom is -0.340 e. The number of piperazine rings is 1. The van der Waals surface area contributed by atoms with Crippen molar-refractivity contribution in [2.75, 3.05) is 32.7 Å². The van der Waals surface area contributed by atoms with Gasteiger partial charge in [0.25, 0.3) is 0 Å². The molecule has 0 atom stereocenters. The number of hydrogen-bond donors (Lipinski definition) is 0. The lowest BCUT2D eigenvalue weighted by Crippen LogP contribution is -2.48. The summed E-state index contributed by atoms with van der Waals surface area (Å²) in [5.74, 6) is 0.313. The summed E-state index contributed by atoms with van der Waals surface area (Å²) in [7, 11) is 0. The van der Waals surface area contributed by atoms with Crippen molar-refractivity contribution >= 4 is 5.91 Å². The van der Waals surface area contributed by atoms with Crippen molar-refractivity contribution in [2.45, 2.75) is 44.9 Å². The molecule has 1 fully saturated rings. The molecule has 3 rings (SSSR count). The Balaban J connectivity index is 1.35. The molecule has 1 aliphatic heterocycles. The van der Waals surface area contributed by atoms with Crippen LogP contribution in [0.2, 0.25) is 0 Å². The normalized spacial score (nSPS) is 19.2. The van der Waals surface area contributed by atoms with Gasteiger partial charge in [-0.05, 0) is 44.1 Å². The van der Waals surface area contributed by atoms with Crippen molar-refractivity contribution < 1.29 is 4.79 Å². The fourth-order valence-electron chi connectivity index (χ4n) is 3.71. The zero-order chi connectivity index (χ0) is 16.6. The average molecular weight is 326 g/mol. The Morgan fingerprint density at radius 2 is 1.75 bits per heavy atom. The Hall–Kier alpha value is -1.61. The lowest BCUT2D eigenvalue weighted by molar-refractivity contribution is -0.132. The van der Waals surface area contributed by atoms with Crippen LogP contribution in [-0.4, -0.2) is 48.4 Å². The number of aryl methyl sites for hydroxylation is 1. The van der Waals surface area contributed by atoms with Crippen LogP contribution in [0.5, 0.6) is 0 Å². The molecule has 0 bridgehead atoms. The van der Waals surface area contributed by atoms with Crippen LogP contribution in [0.15, 0.2) is 42.0 Å². The molecule has 0 spiro atoms. The first-order valence-electron chi connectivity index (χ1n) is 9.53. The predicted molar refractivity (Wildman–Crippen MR) is 99.0 cm³/mol. The van der Waals surface area contributed by atoms with Crippen molar-refractivity contribution in [3.63, 3.8) is 0 Å². The van der Waals surface area contributed by atoms with E-state index in [0.717, 1.165) is 39.1 Å². The summed E-state index contributed by atoms with van der Waals surface area (Å²) in [5.41, 5.74) is 2.91. The first-order chi connectivity index (χ1) is 11.8. The molecule has 3 nitrogen and oxygen atoms in total. The van der Waals surface area contributed by atoms with Gasteiger partial charge in [0.15, 0.2) is 0 Å². The molecule has 130 valence electrons. The third-order valence-electron chi connectivity index (χ3n) is 5.33. The van der Waals surface area contributed by atoms with Gasteiger partial charge < -0.3 is 4.90 Å². The van der Waals surface area contributed by atoms with E-state index in [1.807, 2.05) is 18.2 Å². The Morgan fingerprint density at radius 1 is 0.958 bits per heavy atom. The maximum Gasteiger partial charge on any atom is 0.222 e. The number of carbonyl (C=O) groups excluding carboxylic acids is 1. The lowest BCUT2D eigenvalue weighted by atomic mass is 9.97. The fraction of sp³-hybridized carbons (Fsp3) is 0.571. The quantitative estimate of drug-likeness (QED) is 0.745. The molecule has 1 aromatic carbocycles. The number of nitrogens with zero attached hydrogens (tertiary/aromatic N) is 2. The Bertz CT molecular complexity index is 544. The van der Waals surface area contributed by atoms with Crippen LogP contribution < -0.4 is 0 Å². The van der Waals surface area contributed by atoms with Crippen molar-refractivity contribution in [1.29, 1.82) is 0 Å². The van der Waals surface area contributed by atoms with Gasteiger partial charge in [0, 0.05) is 39.1 Å². The van der Waals surface area contributed by atoms with Gasteiger partial charge in [-0.3, -0.25) is 9.69 Å². The molecule has 24 heavy (non-hydrogen) atoms. The summed E-state index contributed by atoms with van der Waals surface area (Å²) in [6, 6.07) is 10.3. The minimum absolute atomic E-state index is 0.313. The summed E-state index contributed by atoms with van der Waals surface area (Å²) >= 11 is 0. The van der Waals surface area contributed by atoms with E-state index in [1.165, 1.54) is 37.7 Å². The van der Waals surface area contributed by atoms with Gasteiger partial charge in [-0.1, -0.05) is 42.0 Å². The number of rotatable bonds is 6. The highest BCUT2D eigenvalue weighted by Gasteiger charge is 2.20. The number of benzene rings is 1. The standard InChI is InChI=1S/C21H30N2O/c24-21(12-11-19-7-3-1-4-8-19)23-17-15-22(16-18-23)14-13-20-9-5-2-6-10-20/h1,3-4,7-9H,2,5-6,10-18H2. The van der Waals surface area contributed by atoms with E-state index in [2.05, 4.69) is 28.0 Å². The monoisotopic (exact) mass is 326 g/mol. The third kappa shape index (κ3) is 5.20. The third-order valence-corrected chi connectivity index (χ3v) is 5.33. The molecule has 1 heterocycles. The first-order valence-corrected chi connectivity index (χ1v) is 9.53. The topological polar surface area (TPSA) is 23.6 Å². The SMILES string of the molecule is O=C(CCc1ccccc1)N1CCN(CCC2=CCCCC2)CC1. The van der Waals surface area contributed by atoms with Gasteiger partial charge in [-0.2, -0.15) is 0 Å². The predicted octanol–water partition coefficient (Wildman–Crippen LogP) is 3.65. The van der Waals surface area contributed by atoms with Crippen LogP contribution in [0.3, 0.4) is 0 Å². The molecule has 0 aromatic heterocycles. The first kappa shape index (κ1) is 17.2. The number of hydrogen-bond acceptors (Lipinski definition) is 2. The Kier molecular flexibility index (Phi) is 6.48. The Labute approximate surface area is 146 Å². The number of allylic oxidation sites excluding steroid dienone is 1. The molecule has 0 N–H and O–H groups in total. The summed E-state index contributed by atoms with van der Waals surface area (Å²) in [6.07, 6.45) is 10.5. The molecular formula is C21H30N2O. The summed E-state index contributed by atoms with van der Waals surface area (Å²) in [5, 5.41) is 0. The second kappa shape index (κ2) is 9.03. The number of amides is 1. The molecule has 0 unspecified atom stereocenters. The van der Waals surface area contributed by atoms with Gasteiger partial charge >= 0.3 is 0 Å². The van der Waals surface area contributed by atoms with Gasteiger partial charge in [0.2, 0.25) is 5.91 Å². The maximum atomic E-state index is 12.4. The molecule has 1 saturated heterocycles. The van der Waals surface area contributed by atoms with E-state index < -0.39 is 0 Å². The van der Waals surface area contributed by atoms with Crippen LogP contribution in [-0.2, 0) is 11.2 Å². The highest BCUT2D eigenvalue weighted by molar-refractivity contribution is 5.76. The van der Waals surface area contributed by atoms with Crippen LogP contribution >= 0.6 is 0 Å². The van der Waals surface area contributed by atoms with Gasteiger partial charge in [-0.25, -0.2) is 0 Å². The second-order valence-electron chi connectivity index (χ2n) is 7.07. The Morgan fingerprint density at radius 3 is 2.46 bits per heavy atom. The van der Waals surface area contributed by atoms with Crippen LogP contribution in [0.1, 0.15) is 44.1 Å². The van der Waals surface area contributed by atoms with Gasteiger partial charge in [0.05, 0.1) is 0 Å².